The van der Waals surface area contributed by atoms with E-state index in [1.807, 2.05) is 7.05 Å². The monoisotopic (exact) mass is 180 g/mol. The summed E-state index contributed by atoms with van der Waals surface area (Å²) < 4.78 is 1.65. The van der Waals surface area contributed by atoms with Crippen molar-refractivity contribution in [1.29, 1.82) is 0 Å². The molecule has 0 radical (unpaired) electrons. The highest BCUT2D eigenvalue weighted by atomic mass is 16.3. The van der Waals surface area contributed by atoms with Gasteiger partial charge in [0.2, 0.25) is 0 Å². The van der Waals surface area contributed by atoms with Crippen molar-refractivity contribution in [3.8, 4) is 0 Å². The first-order valence-corrected chi connectivity index (χ1v) is 4.21. The first-order valence-electron chi connectivity index (χ1n) is 4.21. The molecule has 0 saturated heterocycles. The maximum absolute atomic E-state index is 9.35. The highest BCUT2D eigenvalue weighted by Crippen LogP contribution is 2.11. The predicted octanol–water partition coefficient (Wildman–Crippen LogP) is -0.837. The molecule has 0 amide bonds. The number of hydrogen-bond donors (Lipinski definition) is 2. The molecule has 5 heteroatoms. The van der Waals surface area contributed by atoms with Crippen LogP contribution in [0.4, 0.5) is 0 Å². The molecule has 2 rings (SSSR count). The number of hydrogen-bond acceptors (Lipinski definition) is 4. The molecule has 70 valence electrons. The van der Waals surface area contributed by atoms with Crippen LogP contribution in [-0.4, -0.2) is 39.1 Å². The average Bonchev–Trinajstić information content (AvgIpc) is 2.52. The number of β-amino-alcohol motifs (C(OH)–C–C–N with tert-alkyl or cyclic N) is 1. The molecule has 2 N–H and O–H groups in total. The Morgan fingerprint density at radius 2 is 2.54 bits per heavy atom. The van der Waals surface area contributed by atoms with Gasteiger partial charge in [0.25, 0.3) is 0 Å². The van der Waals surface area contributed by atoms with E-state index in [1.54, 1.807) is 17.1 Å². The third kappa shape index (κ3) is 1.76. The van der Waals surface area contributed by atoms with E-state index < -0.39 is 6.10 Å². The second-order valence-corrected chi connectivity index (χ2v) is 3.13. The maximum atomic E-state index is 9.35. The fourth-order valence-corrected chi connectivity index (χ4v) is 1.34. The topological polar surface area (TPSA) is 63.0 Å². The van der Waals surface area contributed by atoms with Crippen LogP contribution in [-0.2, 0) is 7.05 Å². The maximum Gasteiger partial charge on any atom is 0.178 e. The largest absolute Gasteiger partial charge is 0.388 e. The third-order valence-corrected chi connectivity index (χ3v) is 1.95. The number of rotatable bonds is 1. The fraction of sp³-hybridized carbons (Fsp3) is 0.500. The van der Waals surface area contributed by atoms with Gasteiger partial charge in [-0.15, -0.1) is 0 Å². The first kappa shape index (κ1) is 8.40. The smallest absolute Gasteiger partial charge is 0.178 e. The van der Waals surface area contributed by atoms with Crippen molar-refractivity contribution in [2.75, 3.05) is 13.1 Å². The van der Waals surface area contributed by atoms with Crippen molar-refractivity contribution < 1.29 is 5.11 Å². The van der Waals surface area contributed by atoms with E-state index in [-0.39, 0.29) is 0 Å². The van der Waals surface area contributed by atoms with E-state index in [2.05, 4.69) is 15.4 Å². The van der Waals surface area contributed by atoms with Gasteiger partial charge in [0.15, 0.2) is 5.82 Å². The summed E-state index contributed by atoms with van der Waals surface area (Å²) in [5.74, 6) is 0.689. The van der Waals surface area contributed by atoms with Crippen LogP contribution in [0.3, 0.4) is 0 Å². The van der Waals surface area contributed by atoms with Gasteiger partial charge >= 0.3 is 0 Å². The van der Waals surface area contributed by atoms with Crippen LogP contribution < -0.4 is 5.32 Å². The Kier molecular flexibility index (Phi) is 2.12. The Bertz CT molecular complexity index is 331. The summed E-state index contributed by atoms with van der Waals surface area (Å²) in [5.41, 5.74) is 0.958. The zero-order chi connectivity index (χ0) is 9.26. The van der Waals surface area contributed by atoms with E-state index in [1.165, 1.54) is 0 Å². The lowest BCUT2D eigenvalue weighted by molar-refractivity contribution is 0.217. The van der Waals surface area contributed by atoms with Crippen molar-refractivity contribution in [1.82, 2.24) is 20.1 Å². The fourth-order valence-electron chi connectivity index (χ4n) is 1.34. The lowest BCUT2D eigenvalue weighted by Gasteiger charge is -2.16. The highest BCUT2D eigenvalue weighted by Gasteiger charge is 2.13. The van der Waals surface area contributed by atoms with Crippen molar-refractivity contribution in [3.05, 3.63) is 18.2 Å². The van der Waals surface area contributed by atoms with E-state index in [9.17, 15) is 5.11 Å². The molecule has 2 heterocycles. The van der Waals surface area contributed by atoms with Gasteiger partial charge in [0.05, 0.1) is 6.10 Å². The molecule has 0 spiro atoms. The minimum Gasteiger partial charge on any atom is -0.388 e. The molecule has 1 atom stereocenters. The molecule has 1 unspecified atom stereocenters. The quantitative estimate of drug-likeness (QED) is 0.591. The summed E-state index contributed by atoms with van der Waals surface area (Å²) in [6.45, 7) is 1.33. The summed E-state index contributed by atoms with van der Waals surface area (Å²) in [5, 5.41) is 16.6. The lowest BCUT2D eigenvalue weighted by Crippen LogP contribution is -2.32. The second-order valence-electron chi connectivity index (χ2n) is 3.13. The van der Waals surface area contributed by atoms with Crippen molar-refractivity contribution in [2.24, 2.45) is 7.05 Å². The zero-order valence-electron chi connectivity index (χ0n) is 7.44. The Morgan fingerprint density at radius 3 is 3.15 bits per heavy atom. The van der Waals surface area contributed by atoms with Gasteiger partial charge in [-0.2, -0.15) is 5.10 Å². The second kappa shape index (κ2) is 3.27. The average molecular weight is 180 g/mol. The Hall–Kier alpha value is -1.20. The van der Waals surface area contributed by atoms with Gasteiger partial charge in [-0.3, -0.25) is 4.68 Å². The Morgan fingerprint density at radius 1 is 1.69 bits per heavy atom. The van der Waals surface area contributed by atoms with Crippen LogP contribution in [0.25, 0.3) is 5.57 Å². The number of nitrogens with one attached hydrogen (secondary N) is 1. The standard InChI is InChI=1S/C8H12N4O/c1-12-5-10-8(11-12)6-2-7(13)4-9-3-6/h2,5,7,9,13H,3-4H2,1H3. The summed E-state index contributed by atoms with van der Waals surface area (Å²) in [6, 6.07) is 0. The van der Waals surface area contributed by atoms with Crippen molar-refractivity contribution in [3.63, 3.8) is 0 Å². The number of aromatic nitrogens is 3. The molecule has 0 saturated carbocycles. The van der Waals surface area contributed by atoms with Crippen molar-refractivity contribution in [2.45, 2.75) is 6.10 Å². The summed E-state index contributed by atoms with van der Waals surface area (Å²) in [4.78, 5) is 4.11. The van der Waals surface area contributed by atoms with Crippen LogP contribution in [0.5, 0.6) is 0 Å². The molecule has 5 nitrogen and oxygen atoms in total. The van der Waals surface area contributed by atoms with Crippen LogP contribution in [0.1, 0.15) is 5.82 Å². The Balaban J connectivity index is 2.25. The van der Waals surface area contributed by atoms with Gasteiger partial charge in [0, 0.05) is 25.7 Å². The molecular formula is C8H12N4O. The zero-order valence-corrected chi connectivity index (χ0v) is 7.44. The molecule has 0 bridgehead atoms. The molecule has 0 fully saturated rings. The van der Waals surface area contributed by atoms with Crippen LogP contribution >= 0.6 is 0 Å². The number of nitrogens with zero attached hydrogens (tertiary/aromatic N) is 3. The molecule has 1 aliphatic rings. The van der Waals surface area contributed by atoms with E-state index in [0.717, 1.165) is 12.1 Å². The molecule has 1 aromatic rings. The normalized spacial score (nSPS) is 22.9. The van der Waals surface area contributed by atoms with Gasteiger partial charge in [-0.25, -0.2) is 4.98 Å². The van der Waals surface area contributed by atoms with Crippen LogP contribution in [0.15, 0.2) is 12.4 Å². The number of aryl methyl sites for hydroxylation is 1. The van der Waals surface area contributed by atoms with Gasteiger partial charge in [0.1, 0.15) is 6.33 Å². The van der Waals surface area contributed by atoms with Crippen LogP contribution in [0, 0.1) is 0 Å². The highest BCUT2D eigenvalue weighted by molar-refractivity contribution is 5.62. The van der Waals surface area contributed by atoms with Crippen molar-refractivity contribution >= 4 is 5.57 Å². The minimum atomic E-state index is -0.424. The summed E-state index contributed by atoms with van der Waals surface area (Å²) in [6.07, 6.45) is 3.02. The molecule has 0 aromatic carbocycles. The van der Waals surface area contributed by atoms with E-state index in [4.69, 9.17) is 0 Å². The Labute approximate surface area is 76.1 Å². The third-order valence-electron chi connectivity index (χ3n) is 1.95. The summed E-state index contributed by atoms with van der Waals surface area (Å²) >= 11 is 0. The first-order chi connectivity index (χ1) is 6.25. The molecule has 13 heavy (non-hydrogen) atoms. The van der Waals surface area contributed by atoms with E-state index in [0.29, 0.717) is 12.4 Å². The molecule has 0 aliphatic carbocycles. The summed E-state index contributed by atoms with van der Waals surface area (Å²) in [7, 11) is 1.82. The van der Waals surface area contributed by atoms with Gasteiger partial charge in [-0.1, -0.05) is 0 Å². The molecule has 1 aromatic heterocycles. The minimum absolute atomic E-state index is 0.424. The number of aliphatic hydroxyl groups excluding tert-OH is 1. The number of aliphatic hydroxyl groups is 1. The van der Waals surface area contributed by atoms with Crippen LogP contribution in [0.2, 0.25) is 0 Å². The SMILES string of the molecule is Cn1cnc(C2=CC(O)CNC2)n1. The van der Waals surface area contributed by atoms with Gasteiger partial charge < -0.3 is 10.4 Å². The van der Waals surface area contributed by atoms with E-state index >= 15 is 0 Å². The van der Waals surface area contributed by atoms with Gasteiger partial charge in [-0.05, 0) is 6.08 Å². The lowest BCUT2D eigenvalue weighted by atomic mass is 10.1. The molecular weight excluding hydrogens is 168 g/mol. The molecule has 1 aliphatic heterocycles. The predicted molar refractivity (Wildman–Crippen MR) is 47.9 cm³/mol.